The molecule has 2 heterocycles. The Bertz CT molecular complexity index is 662. The Balaban J connectivity index is 1.71. The van der Waals surface area contributed by atoms with Crippen molar-refractivity contribution in [3.05, 3.63) is 65.5 Å². The number of hydrogen-bond acceptors (Lipinski definition) is 2. The van der Waals surface area contributed by atoms with Crippen molar-refractivity contribution >= 4 is 5.69 Å². The molecule has 0 saturated carbocycles. The maximum absolute atomic E-state index is 13.8. The molecule has 1 saturated heterocycles. The largest absolute Gasteiger partial charge is 0.366 e. The van der Waals surface area contributed by atoms with E-state index in [1.165, 1.54) is 11.1 Å². The molecule has 2 aromatic carbocycles. The molecule has 0 aliphatic carbocycles. The van der Waals surface area contributed by atoms with E-state index in [2.05, 4.69) is 34.5 Å². The second kappa shape index (κ2) is 5.40. The van der Waals surface area contributed by atoms with E-state index in [0.29, 0.717) is 0 Å². The predicted molar refractivity (Wildman–Crippen MR) is 87.7 cm³/mol. The first-order valence-corrected chi connectivity index (χ1v) is 8.07. The van der Waals surface area contributed by atoms with Gasteiger partial charge >= 0.3 is 0 Å². The van der Waals surface area contributed by atoms with Crippen molar-refractivity contribution in [1.82, 2.24) is 5.32 Å². The molecule has 2 aliphatic heterocycles. The average Bonchev–Trinajstić information content (AvgIpc) is 2.82. The number of hydrogen-bond donors (Lipinski definition) is 1. The SMILES string of the molecule is Fc1ccc2c(c1)N(Cc1ccccc1)CC21CCNCC1. The lowest BCUT2D eigenvalue weighted by atomic mass is 9.75. The van der Waals surface area contributed by atoms with Gasteiger partial charge in [0.2, 0.25) is 0 Å². The predicted octanol–water partition coefficient (Wildman–Crippen LogP) is 3.47. The van der Waals surface area contributed by atoms with Crippen LogP contribution in [0, 0.1) is 5.82 Å². The fourth-order valence-corrected chi connectivity index (χ4v) is 4.03. The maximum Gasteiger partial charge on any atom is 0.125 e. The standard InChI is InChI=1S/C19H21FN2/c20-16-6-7-17-18(12-16)22(13-15-4-2-1-3-5-15)14-19(17)8-10-21-11-9-19/h1-7,12,21H,8-11,13-14H2. The molecule has 0 unspecified atom stereocenters. The van der Waals surface area contributed by atoms with Crippen LogP contribution in [0.5, 0.6) is 0 Å². The third-order valence-corrected chi connectivity index (χ3v) is 5.14. The highest BCUT2D eigenvalue weighted by Gasteiger charge is 2.43. The van der Waals surface area contributed by atoms with Crippen LogP contribution in [0.3, 0.4) is 0 Å². The first-order chi connectivity index (χ1) is 10.8. The lowest BCUT2D eigenvalue weighted by molar-refractivity contribution is 0.325. The zero-order valence-corrected chi connectivity index (χ0v) is 12.7. The summed E-state index contributed by atoms with van der Waals surface area (Å²) >= 11 is 0. The van der Waals surface area contributed by atoms with Crippen molar-refractivity contribution in [2.24, 2.45) is 0 Å². The number of halogens is 1. The van der Waals surface area contributed by atoms with Gasteiger partial charge in [-0.1, -0.05) is 36.4 Å². The van der Waals surface area contributed by atoms with Crippen LogP contribution in [0.15, 0.2) is 48.5 Å². The van der Waals surface area contributed by atoms with Crippen molar-refractivity contribution < 1.29 is 4.39 Å². The van der Waals surface area contributed by atoms with Gasteiger partial charge in [-0.25, -0.2) is 4.39 Å². The number of fused-ring (bicyclic) bond motifs is 2. The van der Waals surface area contributed by atoms with Crippen LogP contribution in [-0.4, -0.2) is 19.6 Å². The number of benzene rings is 2. The molecule has 1 spiro atoms. The molecule has 1 fully saturated rings. The Labute approximate surface area is 131 Å². The second-order valence-corrected chi connectivity index (χ2v) is 6.53. The first kappa shape index (κ1) is 13.8. The topological polar surface area (TPSA) is 15.3 Å². The fourth-order valence-electron chi connectivity index (χ4n) is 4.03. The minimum Gasteiger partial charge on any atom is -0.366 e. The molecular formula is C19H21FN2. The summed E-state index contributed by atoms with van der Waals surface area (Å²) in [4.78, 5) is 2.36. The molecular weight excluding hydrogens is 275 g/mol. The van der Waals surface area contributed by atoms with Crippen molar-refractivity contribution in [3.8, 4) is 0 Å². The van der Waals surface area contributed by atoms with E-state index in [9.17, 15) is 4.39 Å². The molecule has 22 heavy (non-hydrogen) atoms. The third-order valence-electron chi connectivity index (χ3n) is 5.14. The van der Waals surface area contributed by atoms with Crippen LogP contribution in [0.2, 0.25) is 0 Å². The van der Waals surface area contributed by atoms with Gasteiger partial charge in [0.05, 0.1) is 0 Å². The van der Waals surface area contributed by atoms with Gasteiger partial charge in [0.15, 0.2) is 0 Å². The molecule has 0 atom stereocenters. The molecule has 2 aliphatic rings. The monoisotopic (exact) mass is 296 g/mol. The van der Waals surface area contributed by atoms with E-state index in [-0.39, 0.29) is 11.2 Å². The van der Waals surface area contributed by atoms with E-state index < -0.39 is 0 Å². The Morgan fingerprint density at radius 3 is 2.59 bits per heavy atom. The van der Waals surface area contributed by atoms with Gasteiger partial charge in [0, 0.05) is 24.2 Å². The maximum atomic E-state index is 13.8. The van der Waals surface area contributed by atoms with Gasteiger partial charge in [-0.2, -0.15) is 0 Å². The van der Waals surface area contributed by atoms with Crippen LogP contribution in [0.4, 0.5) is 10.1 Å². The molecule has 114 valence electrons. The van der Waals surface area contributed by atoms with Crippen LogP contribution < -0.4 is 10.2 Å². The second-order valence-electron chi connectivity index (χ2n) is 6.53. The van der Waals surface area contributed by atoms with Crippen LogP contribution in [0.1, 0.15) is 24.0 Å². The minimum absolute atomic E-state index is 0.136. The summed E-state index contributed by atoms with van der Waals surface area (Å²) in [5, 5.41) is 3.45. The molecule has 0 amide bonds. The van der Waals surface area contributed by atoms with Crippen molar-refractivity contribution in [2.75, 3.05) is 24.5 Å². The zero-order chi connectivity index (χ0) is 15.0. The Hall–Kier alpha value is -1.87. The fraction of sp³-hybridized carbons (Fsp3) is 0.368. The van der Waals surface area contributed by atoms with Gasteiger partial charge in [0.1, 0.15) is 5.82 Å². The molecule has 2 nitrogen and oxygen atoms in total. The van der Waals surface area contributed by atoms with Crippen molar-refractivity contribution in [3.63, 3.8) is 0 Å². The molecule has 0 bridgehead atoms. The highest BCUT2D eigenvalue weighted by atomic mass is 19.1. The number of piperidine rings is 1. The van der Waals surface area contributed by atoms with Gasteiger partial charge in [0.25, 0.3) is 0 Å². The van der Waals surface area contributed by atoms with E-state index in [1.54, 1.807) is 12.1 Å². The van der Waals surface area contributed by atoms with E-state index in [4.69, 9.17) is 0 Å². The summed E-state index contributed by atoms with van der Waals surface area (Å²) in [5.41, 5.74) is 3.91. The van der Waals surface area contributed by atoms with Gasteiger partial charge in [-0.3, -0.25) is 0 Å². The highest BCUT2D eigenvalue weighted by molar-refractivity contribution is 5.63. The molecule has 4 rings (SSSR count). The summed E-state index contributed by atoms with van der Waals surface area (Å²) in [6.07, 6.45) is 2.27. The lowest BCUT2D eigenvalue weighted by Crippen LogP contribution is -2.43. The zero-order valence-electron chi connectivity index (χ0n) is 12.7. The van der Waals surface area contributed by atoms with Crippen LogP contribution in [-0.2, 0) is 12.0 Å². The van der Waals surface area contributed by atoms with Crippen molar-refractivity contribution in [2.45, 2.75) is 24.8 Å². The summed E-state index contributed by atoms with van der Waals surface area (Å²) in [6, 6.07) is 15.8. The highest BCUT2D eigenvalue weighted by Crippen LogP contribution is 2.46. The molecule has 3 heteroatoms. The van der Waals surface area contributed by atoms with Crippen LogP contribution >= 0.6 is 0 Å². The van der Waals surface area contributed by atoms with Crippen LogP contribution in [0.25, 0.3) is 0 Å². The number of nitrogens with one attached hydrogen (secondary N) is 1. The number of anilines is 1. The summed E-state index contributed by atoms with van der Waals surface area (Å²) in [5.74, 6) is -0.136. The summed E-state index contributed by atoms with van der Waals surface area (Å²) in [7, 11) is 0. The van der Waals surface area contributed by atoms with Gasteiger partial charge < -0.3 is 10.2 Å². The summed E-state index contributed by atoms with van der Waals surface area (Å²) in [6.45, 7) is 3.96. The molecule has 2 aromatic rings. The Morgan fingerprint density at radius 1 is 1.05 bits per heavy atom. The molecule has 0 radical (unpaired) electrons. The van der Waals surface area contributed by atoms with Gasteiger partial charge in [-0.15, -0.1) is 0 Å². The first-order valence-electron chi connectivity index (χ1n) is 8.07. The number of rotatable bonds is 2. The normalized spacial score (nSPS) is 19.4. The van der Waals surface area contributed by atoms with E-state index in [1.807, 2.05) is 12.1 Å². The number of nitrogens with zero attached hydrogens (tertiary/aromatic N) is 1. The van der Waals surface area contributed by atoms with E-state index >= 15 is 0 Å². The smallest absolute Gasteiger partial charge is 0.125 e. The lowest BCUT2D eigenvalue weighted by Gasteiger charge is -2.35. The Morgan fingerprint density at radius 2 is 1.82 bits per heavy atom. The van der Waals surface area contributed by atoms with Gasteiger partial charge in [-0.05, 0) is 49.2 Å². The third kappa shape index (κ3) is 2.30. The quantitative estimate of drug-likeness (QED) is 0.913. The van der Waals surface area contributed by atoms with Crippen molar-refractivity contribution in [1.29, 1.82) is 0 Å². The Kier molecular flexibility index (Phi) is 3.38. The molecule has 1 N–H and O–H groups in total. The minimum atomic E-state index is -0.136. The average molecular weight is 296 g/mol. The molecule has 0 aromatic heterocycles. The van der Waals surface area contributed by atoms with E-state index in [0.717, 1.165) is 44.7 Å². The summed E-state index contributed by atoms with van der Waals surface area (Å²) < 4.78 is 13.8.